The van der Waals surface area contributed by atoms with E-state index in [-0.39, 0.29) is 12.5 Å². The number of benzene rings is 2. The fourth-order valence-electron chi connectivity index (χ4n) is 3.54. The van der Waals surface area contributed by atoms with E-state index >= 15 is 0 Å². The van der Waals surface area contributed by atoms with Gasteiger partial charge in [0.05, 0.1) is 5.56 Å². The van der Waals surface area contributed by atoms with Crippen LogP contribution < -0.4 is 9.64 Å². The minimum Gasteiger partial charge on any atom is -0.489 e. The van der Waals surface area contributed by atoms with E-state index in [1.54, 1.807) is 17.0 Å². The molecule has 1 amide bonds. The van der Waals surface area contributed by atoms with Crippen molar-refractivity contribution < 1.29 is 19.1 Å². The first-order valence-electron chi connectivity index (χ1n) is 10.7. The number of esters is 1. The van der Waals surface area contributed by atoms with Gasteiger partial charge in [-0.1, -0.05) is 30.3 Å². The van der Waals surface area contributed by atoms with Crippen LogP contribution in [0, 0.1) is 0 Å². The van der Waals surface area contributed by atoms with Crippen LogP contribution in [-0.4, -0.2) is 54.5 Å². The number of amides is 1. The summed E-state index contributed by atoms with van der Waals surface area (Å²) < 4.78 is 11.6. The second kappa shape index (κ2) is 11.0. The SMILES string of the molecule is O=C(OCC(=O)N1CCN(c2ccc(OCc3ccccc3)cc2)CC1)c1ccnc(Br)c1. The van der Waals surface area contributed by atoms with Crippen LogP contribution >= 0.6 is 15.9 Å². The molecule has 8 heteroatoms. The Morgan fingerprint density at radius 1 is 0.939 bits per heavy atom. The maximum Gasteiger partial charge on any atom is 0.338 e. The van der Waals surface area contributed by atoms with Gasteiger partial charge in [-0.25, -0.2) is 9.78 Å². The van der Waals surface area contributed by atoms with E-state index in [0.29, 0.717) is 43.0 Å². The molecule has 1 saturated heterocycles. The van der Waals surface area contributed by atoms with Gasteiger partial charge in [0.25, 0.3) is 5.91 Å². The Balaban J connectivity index is 1.22. The van der Waals surface area contributed by atoms with Crippen molar-refractivity contribution in [3.63, 3.8) is 0 Å². The fraction of sp³-hybridized carbons (Fsp3) is 0.240. The number of halogens is 1. The highest BCUT2D eigenvalue weighted by Crippen LogP contribution is 2.21. The minimum absolute atomic E-state index is 0.194. The molecule has 1 fully saturated rings. The first kappa shape index (κ1) is 22.8. The second-order valence-corrected chi connectivity index (χ2v) is 8.39. The summed E-state index contributed by atoms with van der Waals surface area (Å²) in [6.45, 7) is 2.82. The fourth-order valence-corrected chi connectivity index (χ4v) is 3.90. The normalized spacial score (nSPS) is 13.5. The molecule has 4 rings (SSSR count). The maximum absolute atomic E-state index is 12.5. The summed E-state index contributed by atoms with van der Waals surface area (Å²) in [6.07, 6.45) is 1.50. The highest BCUT2D eigenvalue weighted by molar-refractivity contribution is 9.10. The molecule has 3 aromatic rings. The Kier molecular flexibility index (Phi) is 7.57. The van der Waals surface area contributed by atoms with Crippen molar-refractivity contribution in [1.29, 1.82) is 0 Å². The van der Waals surface area contributed by atoms with Crippen molar-refractivity contribution in [1.82, 2.24) is 9.88 Å². The Bertz CT molecular complexity index is 1080. The number of anilines is 1. The molecule has 1 aliphatic rings. The number of pyridine rings is 1. The van der Waals surface area contributed by atoms with Crippen molar-refractivity contribution in [2.75, 3.05) is 37.7 Å². The molecule has 0 saturated carbocycles. The van der Waals surface area contributed by atoms with Crippen molar-refractivity contribution in [2.45, 2.75) is 6.61 Å². The summed E-state index contributed by atoms with van der Waals surface area (Å²) in [5.74, 6) is 0.0832. The summed E-state index contributed by atoms with van der Waals surface area (Å²) in [5.41, 5.74) is 2.57. The zero-order chi connectivity index (χ0) is 23.0. The average molecular weight is 510 g/mol. The molecule has 2 aromatic carbocycles. The van der Waals surface area contributed by atoms with Crippen LogP contribution in [0.3, 0.4) is 0 Å². The van der Waals surface area contributed by atoms with Gasteiger partial charge in [-0.2, -0.15) is 0 Å². The molecule has 1 aliphatic heterocycles. The number of hydrogen-bond donors (Lipinski definition) is 0. The smallest absolute Gasteiger partial charge is 0.338 e. The minimum atomic E-state index is -0.542. The molecule has 0 radical (unpaired) electrons. The molecule has 0 aliphatic carbocycles. The number of carbonyl (C=O) groups excluding carboxylic acids is 2. The summed E-state index contributed by atoms with van der Waals surface area (Å²) in [6, 6.07) is 21.2. The van der Waals surface area contributed by atoms with Gasteiger partial charge in [0.1, 0.15) is 17.0 Å². The molecule has 0 bridgehead atoms. The second-order valence-electron chi connectivity index (χ2n) is 7.58. The third-order valence-electron chi connectivity index (χ3n) is 5.37. The van der Waals surface area contributed by atoms with Crippen molar-refractivity contribution in [2.24, 2.45) is 0 Å². The predicted molar refractivity (Wildman–Crippen MR) is 128 cm³/mol. The zero-order valence-corrected chi connectivity index (χ0v) is 19.6. The van der Waals surface area contributed by atoms with Gasteiger partial charge in [0.15, 0.2) is 6.61 Å². The van der Waals surface area contributed by atoms with Crippen molar-refractivity contribution in [3.05, 3.63) is 88.7 Å². The molecule has 33 heavy (non-hydrogen) atoms. The lowest BCUT2D eigenvalue weighted by Gasteiger charge is -2.36. The third kappa shape index (κ3) is 6.32. The molecule has 1 aromatic heterocycles. The number of carbonyl (C=O) groups is 2. The van der Waals surface area contributed by atoms with Gasteiger partial charge in [-0.15, -0.1) is 0 Å². The number of aromatic nitrogens is 1. The monoisotopic (exact) mass is 509 g/mol. The number of nitrogens with zero attached hydrogens (tertiary/aromatic N) is 3. The summed E-state index contributed by atoms with van der Waals surface area (Å²) >= 11 is 3.21. The molecular weight excluding hydrogens is 486 g/mol. The van der Waals surface area contributed by atoms with Gasteiger partial charge in [-0.05, 0) is 57.9 Å². The van der Waals surface area contributed by atoms with Crippen LogP contribution in [0.5, 0.6) is 5.75 Å². The lowest BCUT2D eigenvalue weighted by atomic mass is 10.2. The maximum atomic E-state index is 12.5. The van der Waals surface area contributed by atoms with Crippen LogP contribution in [-0.2, 0) is 16.1 Å². The molecule has 7 nitrogen and oxygen atoms in total. The Labute approximate surface area is 201 Å². The Morgan fingerprint density at radius 2 is 1.67 bits per heavy atom. The van der Waals surface area contributed by atoms with E-state index in [2.05, 4.69) is 25.8 Å². The van der Waals surface area contributed by atoms with Crippen molar-refractivity contribution in [3.8, 4) is 5.75 Å². The molecule has 0 spiro atoms. The van der Waals surface area contributed by atoms with Gasteiger partial charge in [0.2, 0.25) is 0 Å². The van der Waals surface area contributed by atoms with Crippen LogP contribution in [0.15, 0.2) is 77.5 Å². The number of rotatable bonds is 7. The molecule has 2 heterocycles. The van der Waals surface area contributed by atoms with Crippen molar-refractivity contribution >= 4 is 33.5 Å². The molecule has 0 atom stereocenters. The van der Waals surface area contributed by atoms with Gasteiger partial charge < -0.3 is 19.3 Å². The van der Waals surface area contributed by atoms with Crippen LogP contribution in [0.1, 0.15) is 15.9 Å². The zero-order valence-electron chi connectivity index (χ0n) is 18.0. The van der Waals surface area contributed by atoms with Gasteiger partial charge in [0, 0.05) is 38.1 Å². The summed E-state index contributed by atoms with van der Waals surface area (Å²) in [4.78, 5) is 32.5. The van der Waals surface area contributed by atoms with E-state index in [1.807, 2.05) is 54.6 Å². The number of ether oxygens (including phenoxy) is 2. The first-order chi connectivity index (χ1) is 16.1. The molecule has 170 valence electrons. The molecular formula is C25H24BrN3O4. The predicted octanol–water partition coefficient (Wildman–Crippen LogP) is 3.93. The summed E-state index contributed by atoms with van der Waals surface area (Å²) in [5, 5.41) is 0. The summed E-state index contributed by atoms with van der Waals surface area (Å²) in [7, 11) is 0. The van der Waals surface area contributed by atoms with E-state index in [4.69, 9.17) is 9.47 Å². The Morgan fingerprint density at radius 3 is 2.36 bits per heavy atom. The topological polar surface area (TPSA) is 72.0 Å². The highest BCUT2D eigenvalue weighted by atomic mass is 79.9. The van der Waals surface area contributed by atoms with Crippen LogP contribution in [0.25, 0.3) is 0 Å². The Hall–Kier alpha value is -3.39. The average Bonchev–Trinajstić information content (AvgIpc) is 2.87. The number of hydrogen-bond acceptors (Lipinski definition) is 6. The van der Waals surface area contributed by atoms with Crippen LogP contribution in [0.4, 0.5) is 5.69 Å². The molecule has 0 N–H and O–H groups in total. The van der Waals surface area contributed by atoms with E-state index in [0.717, 1.165) is 17.0 Å². The lowest BCUT2D eigenvalue weighted by Crippen LogP contribution is -2.49. The lowest BCUT2D eigenvalue weighted by molar-refractivity contribution is -0.134. The number of piperazine rings is 1. The van der Waals surface area contributed by atoms with E-state index < -0.39 is 5.97 Å². The van der Waals surface area contributed by atoms with E-state index in [1.165, 1.54) is 6.20 Å². The van der Waals surface area contributed by atoms with E-state index in [9.17, 15) is 9.59 Å². The third-order valence-corrected chi connectivity index (χ3v) is 5.81. The highest BCUT2D eigenvalue weighted by Gasteiger charge is 2.22. The van der Waals surface area contributed by atoms with Crippen LogP contribution in [0.2, 0.25) is 0 Å². The van der Waals surface area contributed by atoms with Gasteiger partial charge in [-0.3, -0.25) is 4.79 Å². The quantitative estimate of drug-likeness (QED) is 0.355. The molecule has 0 unspecified atom stereocenters. The largest absolute Gasteiger partial charge is 0.489 e. The first-order valence-corrected chi connectivity index (χ1v) is 11.5. The van der Waals surface area contributed by atoms with Gasteiger partial charge >= 0.3 is 5.97 Å². The standard InChI is InChI=1S/C25H24BrN3O4/c26-23-16-20(10-11-27-23)25(31)33-18-24(30)29-14-12-28(13-15-29)21-6-8-22(9-7-21)32-17-19-4-2-1-3-5-19/h1-11,16H,12-15,17-18H2.